The molecule has 0 amide bonds. The fourth-order valence-corrected chi connectivity index (χ4v) is 17.8. The molecule has 0 aromatic carbocycles. The van der Waals surface area contributed by atoms with Crippen molar-refractivity contribution in [2.75, 3.05) is 32.1 Å². The van der Waals surface area contributed by atoms with Crippen LogP contribution in [0, 0.1) is 56.7 Å². The van der Waals surface area contributed by atoms with Crippen LogP contribution in [0.25, 0.3) is 0 Å². The molecule has 292 valence electrons. The highest BCUT2D eigenvalue weighted by Gasteiger charge is 2.70. The second kappa shape index (κ2) is 12.4. The molecule has 12 atom stereocenters. The van der Waals surface area contributed by atoms with Crippen LogP contribution in [0.2, 0.25) is 0 Å². The van der Waals surface area contributed by atoms with E-state index in [9.17, 15) is 23.4 Å². The van der Waals surface area contributed by atoms with Crippen LogP contribution in [0.4, 0.5) is 4.39 Å². The number of likely N-dealkylation sites (tertiary alicyclic amines) is 1. The Kier molecular flexibility index (Phi) is 9.00. The van der Waals surface area contributed by atoms with Crippen LogP contribution in [0.1, 0.15) is 125 Å². The molecule has 2 aliphatic heterocycles. The molecule has 52 heavy (non-hydrogen) atoms. The number of fused-ring (bicyclic) bond motifs is 9. The van der Waals surface area contributed by atoms with E-state index in [0.717, 1.165) is 32.5 Å². The molecular weight excluding hydrogens is 672 g/mol. The smallest absolute Gasteiger partial charge is 0.312 e. The maximum absolute atomic E-state index is 14.0. The first-order chi connectivity index (χ1) is 24.4. The largest absolute Gasteiger partial charge is 0.481 e. The van der Waals surface area contributed by atoms with Gasteiger partial charge >= 0.3 is 5.97 Å². The number of carboxylic acids is 1. The maximum Gasteiger partial charge on any atom is 0.312 e. The molecule has 8 aliphatic rings. The Morgan fingerprint density at radius 3 is 2.37 bits per heavy atom. The fraction of sp³-hybridized carbons (Fsp3) is 0.841. The molecule has 4 N–H and O–H groups in total. The van der Waals surface area contributed by atoms with Crippen LogP contribution in [-0.2, 0) is 4.79 Å². The zero-order valence-electron chi connectivity index (χ0n) is 33.1. The Hall–Kier alpha value is -1.19. The number of nitrogens with zero attached hydrogens (tertiary/aromatic N) is 1. The molecule has 0 aromatic heterocycles. The quantitative estimate of drug-likeness (QED) is 0.185. The summed E-state index contributed by atoms with van der Waals surface area (Å²) in [6.07, 6.45) is 18.1. The van der Waals surface area contributed by atoms with E-state index in [4.69, 9.17) is 0 Å². The molecule has 6 aliphatic carbocycles. The molecule has 0 radical (unpaired) electrons. The van der Waals surface area contributed by atoms with Crippen LogP contribution in [-0.4, -0.2) is 74.0 Å². The number of carbonyl (C=O) groups is 1. The van der Waals surface area contributed by atoms with Gasteiger partial charge in [0.1, 0.15) is 6.67 Å². The minimum absolute atomic E-state index is 0.00893. The molecular formula is C44H69FN2O4S. The Labute approximate surface area is 315 Å². The number of hydrogen-bond acceptors (Lipinski definition) is 5. The van der Waals surface area contributed by atoms with Gasteiger partial charge in [-0.3, -0.25) is 18.8 Å². The van der Waals surface area contributed by atoms with Gasteiger partial charge in [0.15, 0.2) is 0 Å². The standard InChI is InChI=1S/C44H69FN2O4S/c1-28(2)32-12-19-44(46-22-23-47-25-31-24-30(47)26-52(31,50)51)21-20-41(6)34(37(32)44)8-9-36-40(5)15-13-33(39(3,4)35(40)14-16-42(36,41)7)29-10-17-43(27-45,18-11-29)38(48)49/h10,13,30-32,34-37,46,50-51H,1,8-9,11-12,14-27H2,2-7H3,(H,48,49)/t30-,31-,32-,34+,35-,36+,37+,40-,41+,42+,43?,44-/m0/s1. The first kappa shape index (κ1) is 37.7. The molecule has 6 nitrogen and oxygen atoms in total. The van der Waals surface area contributed by atoms with Gasteiger partial charge in [-0.2, -0.15) is 10.6 Å². The van der Waals surface area contributed by atoms with Gasteiger partial charge in [0.05, 0.1) is 16.4 Å². The van der Waals surface area contributed by atoms with Crippen molar-refractivity contribution in [3.05, 3.63) is 35.5 Å². The third-order valence-corrected chi connectivity index (χ3v) is 20.9. The average Bonchev–Trinajstić information content (AvgIpc) is 3.75. The third kappa shape index (κ3) is 5.18. The molecule has 8 rings (SSSR count). The van der Waals surface area contributed by atoms with Gasteiger partial charge in [0.25, 0.3) is 0 Å². The zero-order valence-corrected chi connectivity index (χ0v) is 33.9. The van der Waals surface area contributed by atoms with Crippen molar-refractivity contribution >= 4 is 16.6 Å². The van der Waals surface area contributed by atoms with Crippen LogP contribution < -0.4 is 5.32 Å². The Morgan fingerprint density at radius 2 is 1.75 bits per heavy atom. The number of allylic oxidation sites excluding steroid dienone is 5. The molecule has 2 saturated heterocycles. The molecule has 2 heterocycles. The SMILES string of the molecule is C=C(C)[C@@H]1CC[C@]2(NCCN3C[C@@H]4C[C@H]3CS4(O)O)CC[C@]3(C)[C@H](CC[C@@H]4[C@@]5(C)CC=C(C6=CCC(CF)(C(=O)O)CC6)C(C)(C)[C@@H]5CC[C@]43C)[C@@H]12. The summed E-state index contributed by atoms with van der Waals surface area (Å²) < 4.78 is 34.9. The second-order valence-electron chi connectivity index (χ2n) is 20.9. The molecule has 6 fully saturated rings. The highest BCUT2D eigenvalue weighted by molar-refractivity contribution is 8.25. The van der Waals surface area contributed by atoms with Crippen LogP contribution in [0.3, 0.4) is 0 Å². The highest BCUT2D eigenvalue weighted by atomic mass is 32.3. The minimum Gasteiger partial charge on any atom is -0.481 e. The normalized spacial score (nSPS) is 49.5. The lowest BCUT2D eigenvalue weighted by atomic mass is 9.33. The number of nitrogens with one attached hydrogen (secondary N) is 1. The van der Waals surface area contributed by atoms with Gasteiger partial charge in [-0.25, -0.2) is 4.39 Å². The number of aliphatic carboxylic acids is 1. The van der Waals surface area contributed by atoms with Crippen molar-refractivity contribution in [1.29, 1.82) is 0 Å². The molecule has 4 saturated carbocycles. The predicted molar refractivity (Wildman–Crippen MR) is 210 cm³/mol. The highest BCUT2D eigenvalue weighted by Crippen LogP contribution is 2.76. The summed E-state index contributed by atoms with van der Waals surface area (Å²) in [6.45, 7) is 21.9. The molecule has 0 aromatic rings. The summed E-state index contributed by atoms with van der Waals surface area (Å²) in [5, 5.41) is 14.2. The number of halogens is 1. The van der Waals surface area contributed by atoms with E-state index in [2.05, 4.69) is 70.5 Å². The molecule has 2 bridgehead atoms. The zero-order chi connectivity index (χ0) is 37.3. The van der Waals surface area contributed by atoms with E-state index in [1.165, 1.54) is 68.1 Å². The minimum atomic E-state index is -2.37. The lowest BCUT2D eigenvalue weighted by Crippen LogP contribution is -2.68. The summed E-state index contributed by atoms with van der Waals surface area (Å²) in [7, 11) is -2.37. The van der Waals surface area contributed by atoms with Gasteiger partial charge in [-0.15, -0.1) is 0 Å². The van der Waals surface area contributed by atoms with Crippen LogP contribution in [0.15, 0.2) is 35.5 Å². The fourth-order valence-electron chi connectivity index (χ4n) is 15.6. The summed E-state index contributed by atoms with van der Waals surface area (Å²) in [5.41, 5.74) is 3.71. The molecule has 1 unspecified atom stereocenters. The van der Waals surface area contributed by atoms with Crippen molar-refractivity contribution in [1.82, 2.24) is 10.2 Å². The van der Waals surface area contributed by atoms with Gasteiger partial charge in [-0.1, -0.05) is 58.9 Å². The van der Waals surface area contributed by atoms with Gasteiger partial charge in [-0.05, 0) is 153 Å². The lowest BCUT2D eigenvalue weighted by molar-refractivity contribution is -0.221. The van der Waals surface area contributed by atoms with Crippen molar-refractivity contribution in [2.24, 2.45) is 56.7 Å². The van der Waals surface area contributed by atoms with Crippen LogP contribution >= 0.6 is 10.6 Å². The van der Waals surface area contributed by atoms with Crippen molar-refractivity contribution < 1.29 is 23.4 Å². The predicted octanol–water partition coefficient (Wildman–Crippen LogP) is 9.88. The van der Waals surface area contributed by atoms with Crippen molar-refractivity contribution in [3.8, 4) is 0 Å². The van der Waals surface area contributed by atoms with Crippen molar-refractivity contribution in [2.45, 2.75) is 142 Å². The van der Waals surface area contributed by atoms with Crippen LogP contribution in [0.5, 0.6) is 0 Å². The van der Waals surface area contributed by atoms with E-state index in [-0.39, 0.29) is 32.4 Å². The maximum atomic E-state index is 14.0. The summed E-state index contributed by atoms with van der Waals surface area (Å²) in [6, 6.07) is 0.339. The first-order valence-electron chi connectivity index (χ1n) is 21.0. The Morgan fingerprint density at radius 1 is 0.981 bits per heavy atom. The Bertz CT molecular complexity index is 1560. The van der Waals surface area contributed by atoms with E-state index in [1.54, 1.807) is 0 Å². The van der Waals surface area contributed by atoms with Crippen molar-refractivity contribution in [3.63, 3.8) is 0 Å². The van der Waals surface area contributed by atoms with E-state index >= 15 is 0 Å². The summed E-state index contributed by atoms with van der Waals surface area (Å²) in [4.78, 5) is 14.5. The summed E-state index contributed by atoms with van der Waals surface area (Å²) in [5.74, 6) is 2.66. The van der Waals surface area contributed by atoms with Gasteiger partial charge in [0, 0.05) is 31.2 Å². The number of carboxylic acid groups (broad SMARTS) is 1. The van der Waals surface area contributed by atoms with Gasteiger partial charge < -0.3 is 10.4 Å². The monoisotopic (exact) mass is 740 g/mol. The number of alkyl halides is 1. The third-order valence-electron chi connectivity index (χ3n) is 18.6. The molecule has 0 spiro atoms. The summed E-state index contributed by atoms with van der Waals surface area (Å²) >= 11 is 0. The lowest BCUT2D eigenvalue weighted by Gasteiger charge is -2.72. The van der Waals surface area contributed by atoms with Gasteiger partial charge in [0.2, 0.25) is 0 Å². The number of rotatable bonds is 8. The number of hydrogen-bond donors (Lipinski definition) is 4. The topological polar surface area (TPSA) is 93.0 Å². The average molecular weight is 741 g/mol. The van der Waals surface area contributed by atoms with E-state index in [0.29, 0.717) is 60.6 Å². The second-order valence-corrected chi connectivity index (χ2v) is 23.3. The Balaban J connectivity index is 1.03. The molecule has 8 heteroatoms. The van der Waals surface area contributed by atoms with E-state index in [1.807, 2.05) is 0 Å². The first-order valence-corrected chi connectivity index (χ1v) is 22.7. The van der Waals surface area contributed by atoms with E-state index < -0.39 is 28.6 Å².